The predicted molar refractivity (Wildman–Crippen MR) is 392 cm³/mol. The molecule has 38 nitrogen and oxygen atoms in total. The number of aliphatic carboxylic acids is 1. The summed E-state index contributed by atoms with van der Waals surface area (Å²) in [6, 6.07) is 8.03. The summed E-state index contributed by atoms with van der Waals surface area (Å²) < 4.78 is 0. The van der Waals surface area contributed by atoms with Gasteiger partial charge in [0.15, 0.2) is 17.9 Å². The van der Waals surface area contributed by atoms with E-state index < -0.39 is 181 Å². The summed E-state index contributed by atoms with van der Waals surface area (Å²) in [6.45, 7) is 2.96. The van der Waals surface area contributed by atoms with Crippen LogP contribution in [-0.4, -0.2) is 221 Å². The van der Waals surface area contributed by atoms with Gasteiger partial charge in [-0.1, -0.05) is 92.7 Å². The van der Waals surface area contributed by atoms with Gasteiger partial charge in [0, 0.05) is 62.5 Å². The molecule has 1 aliphatic heterocycles. The highest BCUT2D eigenvalue weighted by Gasteiger charge is 2.39. The van der Waals surface area contributed by atoms with Crippen molar-refractivity contribution < 1.29 is 72.5 Å². The van der Waals surface area contributed by atoms with Crippen LogP contribution in [0.15, 0.2) is 91.1 Å². The van der Waals surface area contributed by atoms with E-state index in [1.807, 2.05) is 6.07 Å². The first-order valence-corrected chi connectivity index (χ1v) is 34.9. The SMILES string of the molecule is CC(C)[C@H](NC(=O)[C@H](Cc1ccccc1)NC(=O)[C@H](CCCNC(=N)N)NC(=O)[C@H](CC(N)=O)NC(=O)[C@H](CCCNC(=N)N)NC(=O)[C@@H]1CCCN1C(=O)CNC(=O)[C@H](CO)NC(=O)[C@H](Cc1c[nH]c2ccccc12)NC(=O)[C@H](C)N)C(=O)N[C@@H](CCCNC(=N)N)C(=O)N[C@@H](Cc1ccccc1)C(=O)O. The van der Waals surface area contributed by atoms with Gasteiger partial charge in [-0.15, -0.1) is 0 Å². The Hall–Kier alpha value is -12.0. The molecule has 0 spiro atoms. The van der Waals surface area contributed by atoms with Crippen LogP contribution in [0.4, 0.5) is 0 Å². The van der Waals surface area contributed by atoms with Crippen LogP contribution in [0.5, 0.6) is 0 Å². The van der Waals surface area contributed by atoms with E-state index in [1.165, 1.54) is 6.92 Å². The number of carboxylic acid groups (broad SMARTS) is 1. The van der Waals surface area contributed by atoms with Gasteiger partial charge in [0.05, 0.1) is 25.6 Å². The molecule has 107 heavy (non-hydrogen) atoms. The molecule has 12 amide bonds. The lowest BCUT2D eigenvalue weighted by molar-refractivity contribution is -0.142. The number of nitrogens with one attached hydrogen (secondary N) is 17. The van der Waals surface area contributed by atoms with E-state index >= 15 is 0 Å². The Morgan fingerprint density at radius 2 is 0.935 bits per heavy atom. The maximum atomic E-state index is 14.8. The zero-order chi connectivity index (χ0) is 78.9. The van der Waals surface area contributed by atoms with Crippen LogP contribution in [0.3, 0.4) is 0 Å². The number of carbonyl (C=O) groups is 13. The van der Waals surface area contributed by atoms with Crippen molar-refractivity contribution in [3.63, 3.8) is 0 Å². The second-order valence-electron chi connectivity index (χ2n) is 26.1. The number of aliphatic hydroxyl groups is 1. The number of aliphatic hydroxyl groups excluding tert-OH is 1. The lowest BCUT2D eigenvalue weighted by Gasteiger charge is -2.29. The number of likely N-dealkylation sites (tertiary alicyclic amines) is 1. The summed E-state index contributed by atoms with van der Waals surface area (Å²) in [5, 5.41) is 77.2. The number of nitrogens with zero attached hydrogens (tertiary/aromatic N) is 1. The molecule has 1 aromatic heterocycles. The van der Waals surface area contributed by atoms with Crippen molar-refractivity contribution in [1.82, 2.24) is 79.0 Å². The van der Waals surface area contributed by atoms with Crippen molar-refractivity contribution in [3.8, 4) is 0 Å². The number of fused-ring (bicyclic) bond motifs is 1. The topological polar surface area (TPSA) is 639 Å². The average molecular weight is 1490 g/mol. The standard InChI is InChI=1S/C69H101N23O15/c1-37(2)55(65(105)85-46(24-14-28-80-69(76)77)60(100)89-50(66(106)107)31-40-18-8-5-9-19-40)91-63(103)47(30-39-16-6-4-7-17-39)87-58(98)44(22-12-26-78-67(72)73)83-62(102)49(33-53(71)94)88-59(99)45(23-13-27-79-68(74)75)84-64(104)52-25-15-29-92(52)54(95)35-82-57(97)51(36-93)90-61(101)48(86-56(96)38(3)70)32-41-34-81-43-21-11-10-20-42(41)43/h4-11,16-21,34,37-38,44-52,55,81,93H,12-15,22-33,35-36,70H2,1-3H3,(H2,71,94)(H,82,97)(H,83,102)(H,84,104)(H,85,105)(H,86,96)(H,87,98)(H,88,99)(H,89,100)(H,90,101)(H,91,103)(H,106,107)(H4,72,73,78)(H4,74,75,79)(H4,76,77,80)/t38-,44-,45-,46-,47-,48-,49-,50-,51-,52-,55-/m0/s1. The van der Waals surface area contributed by atoms with Gasteiger partial charge in [-0.25, -0.2) is 4.79 Å². The molecule has 1 aliphatic rings. The van der Waals surface area contributed by atoms with Gasteiger partial charge in [-0.05, 0) is 87.0 Å². The molecule has 0 bridgehead atoms. The Bertz CT molecular complexity index is 3770. The van der Waals surface area contributed by atoms with Crippen LogP contribution in [0, 0.1) is 22.1 Å². The monoisotopic (exact) mass is 1490 g/mol. The number of nitrogens with two attached hydrogens (primary N) is 5. The van der Waals surface area contributed by atoms with Crippen molar-refractivity contribution in [3.05, 3.63) is 108 Å². The van der Waals surface area contributed by atoms with E-state index in [2.05, 4.69) is 74.1 Å². The minimum Gasteiger partial charge on any atom is -0.480 e. The number of aromatic amines is 1. The molecule has 2 heterocycles. The molecule has 0 saturated carbocycles. The number of carboxylic acids is 1. The second kappa shape index (κ2) is 43.3. The van der Waals surface area contributed by atoms with Gasteiger partial charge in [-0.2, -0.15) is 0 Å². The van der Waals surface area contributed by atoms with E-state index in [1.54, 1.807) is 98.9 Å². The Kier molecular flexibility index (Phi) is 34.7. The normalized spacial score (nSPS) is 15.2. The molecule has 5 rings (SSSR count). The molecule has 0 radical (unpaired) electrons. The smallest absolute Gasteiger partial charge is 0.326 e. The van der Waals surface area contributed by atoms with Crippen molar-refractivity contribution in [2.45, 2.75) is 164 Å². The fraction of sp³-hybridized carbons (Fsp3) is 0.478. The first kappa shape index (κ1) is 85.7. The molecule has 38 heteroatoms. The minimum absolute atomic E-state index is 0.00404. The number of benzene rings is 3. The van der Waals surface area contributed by atoms with Crippen molar-refractivity contribution in [2.75, 3.05) is 39.3 Å². The Balaban J connectivity index is 1.33. The van der Waals surface area contributed by atoms with Crippen LogP contribution in [0.25, 0.3) is 10.9 Å². The number of rotatable bonds is 44. The highest BCUT2D eigenvalue weighted by molar-refractivity contribution is 6.00. The van der Waals surface area contributed by atoms with Crippen LogP contribution >= 0.6 is 0 Å². The minimum atomic E-state index is -1.87. The van der Waals surface area contributed by atoms with E-state index in [0.29, 0.717) is 16.7 Å². The summed E-state index contributed by atoms with van der Waals surface area (Å²) in [5.41, 5.74) is 30.4. The third kappa shape index (κ3) is 28.9. The van der Waals surface area contributed by atoms with Gasteiger partial charge in [-0.3, -0.25) is 73.8 Å². The Labute approximate surface area is 617 Å². The lowest BCUT2D eigenvalue weighted by atomic mass is 9.99. The summed E-state index contributed by atoms with van der Waals surface area (Å²) in [5.74, 6) is -14.5. The number of para-hydroxylation sites is 1. The molecule has 29 N–H and O–H groups in total. The zero-order valence-electron chi connectivity index (χ0n) is 59.9. The number of hydrogen-bond donors (Lipinski definition) is 24. The molecule has 582 valence electrons. The van der Waals surface area contributed by atoms with Crippen LogP contribution in [-0.2, 0) is 81.6 Å². The molecule has 0 aliphatic carbocycles. The number of guanidine groups is 3. The highest BCUT2D eigenvalue weighted by Crippen LogP contribution is 2.21. The largest absolute Gasteiger partial charge is 0.480 e. The van der Waals surface area contributed by atoms with E-state index in [4.69, 9.17) is 44.9 Å². The molecule has 1 saturated heterocycles. The third-order valence-corrected chi connectivity index (χ3v) is 17.2. The van der Waals surface area contributed by atoms with Crippen molar-refractivity contribution in [1.29, 1.82) is 16.2 Å². The summed E-state index contributed by atoms with van der Waals surface area (Å²) in [6.07, 6.45) is 0.349. The number of hydrogen-bond acceptors (Lipinski definition) is 18. The third-order valence-electron chi connectivity index (χ3n) is 17.2. The Morgan fingerprint density at radius 1 is 0.505 bits per heavy atom. The highest BCUT2D eigenvalue weighted by atomic mass is 16.4. The maximum Gasteiger partial charge on any atom is 0.326 e. The van der Waals surface area contributed by atoms with Gasteiger partial charge < -0.3 is 118 Å². The molecule has 3 aromatic carbocycles. The van der Waals surface area contributed by atoms with Gasteiger partial charge in [0.1, 0.15) is 60.4 Å². The fourth-order valence-electron chi connectivity index (χ4n) is 11.5. The molecular weight excluding hydrogens is 1390 g/mol. The first-order chi connectivity index (χ1) is 50.8. The van der Waals surface area contributed by atoms with Gasteiger partial charge in [0.2, 0.25) is 70.9 Å². The maximum absolute atomic E-state index is 14.8. The second-order valence-corrected chi connectivity index (χ2v) is 26.1. The summed E-state index contributed by atoms with van der Waals surface area (Å²) in [4.78, 5) is 185. The molecule has 4 aromatic rings. The van der Waals surface area contributed by atoms with Gasteiger partial charge in [0.25, 0.3) is 0 Å². The van der Waals surface area contributed by atoms with E-state index in [9.17, 15) is 72.5 Å². The van der Waals surface area contributed by atoms with Crippen LogP contribution in [0.1, 0.15) is 95.2 Å². The number of amides is 12. The predicted octanol–water partition coefficient (Wildman–Crippen LogP) is -5.59. The number of aromatic nitrogens is 1. The van der Waals surface area contributed by atoms with Crippen LogP contribution < -0.4 is 97.8 Å². The van der Waals surface area contributed by atoms with Crippen molar-refractivity contribution >= 4 is 106 Å². The molecular formula is C69H101N23O15. The van der Waals surface area contributed by atoms with E-state index in [0.717, 1.165) is 15.8 Å². The van der Waals surface area contributed by atoms with E-state index in [-0.39, 0.29) is 103 Å². The molecule has 0 unspecified atom stereocenters. The van der Waals surface area contributed by atoms with Crippen molar-refractivity contribution in [2.24, 2.45) is 34.6 Å². The number of primary amides is 1. The lowest BCUT2D eigenvalue weighted by Crippen LogP contribution is -2.61. The summed E-state index contributed by atoms with van der Waals surface area (Å²) in [7, 11) is 0. The number of H-pyrrole nitrogens is 1. The van der Waals surface area contributed by atoms with Crippen LogP contribution in [0.2, 0.25) is 0 Å². The average Bonchev–Trinajstić information content (AvgIpc) is 1.02. The zero-order valence-corrected chi connectivity index (χ0v) is 59.9. The summed E-state index contributed by atoms with van der Waals surface area (Å²) >= 11 is 0. The number of carbonyl (C=O) groups excluding carboxylic acids is 12. The first-order valence-electron chi connectivity index (χ1n) is 34.9. The fourth-order valence-corrected chi connectivity index (χ4v) is 11.5. The molecule has 1 fully saturated rings. The van der Waals surface area contributed by atoms with Gasteiger partial charge >= 0.3 is 5.97 Å². The quantitative estimate of drug-likeness (QED) is 0.0112. The Morgan fingerprint density at radius 3 is 1.44 bits per heavy atom. The molecule has 11 atom stereocenters.